The van der Waals surface area contributed by atoms with E-state index in [1.165, 1.54) is 48.1 Å². The molecule has 2 heterocycles. The van der Waals surface area contributed by atoms with Gasteiger partial charge in [0.05, 0.1) is 0 Å². The van der Waals surface area contributed by atoms with E-state index in [-0.39, 0.29) is 0 Å². The number of nitrogens with one attached hydrogen (secondary N) is 3. The highest BCUT2D eigenvalue weighted by Gasteiger charge is 2.24. The Morgan fingerprint density at radius 2 is 2.00 bits per heavy atom. The van der Waals surface area contributed by atoms with Crippen molar-refractivity contribution in [2.75, 3.05) is 32.7 Å². The van der Waals surface area contributed by atoms with E-state index < -0.39 is 0 Å². The minimum absolute atomic E-state index is 0.313. The molecule has 0 fully saturated rings. The van der Waals surface area contributed by atoms with Crippen molar-refractivity contribution in [3.63, 3.8) is 0 Å². The average Bonchev–Trinajstić information content (AvgIpc) is 2.71. The molecule has 5 nitrogen and oxygen atoms in total. The van der Waals surface area contributed by atoms with E-state index in [9.17, 15) is 0 Å². The van der Waals surface area contributed by atoms with Gasteiger partial charge in [0.2, 0.25) is 0 Å². The van der Waals surface area contributed by atoms with Crippen LogP contribution >= 0.6 is 0 Å². The van der Waals surface area contributed by atoms with Crippen molar-refractivity contribution in [1.29, 1.82) is 0 Å². The second-order valence-corrected chi connectivity index (χ2v) is 7.67. The molecule has 0 bridgehead atoms. The predicted molar refractivity (Wildman–Crippen MR) is 106 cm³/mol. The van der Waals surface area contributed by atoms with Crippen LogP contribution < -0.4 is 20.7 Å². The minimum Gasteiger partial charge on any atom is -0.489 e. The SMILES string of the molecule is c1cc2c(c3c1CCCC3)OC(CNCCCNC1=NCCCN1)CC2. The molecule has 0 radical (unpaired) electrons. The molecule has 5 heteroatoms. The van der Waals surface area contributed by atoms with Crippen molar-refractivity contribution in [2.45, 2.75) is 57.5 Å². The highest BCUT2D eigenvalue weighted by Crippen LogP contribution is 2.37. The van der Waals surface area contributed by atoms with Crippen LogP contribution in [0.15, 0.2) is 17.1 Å². The van der Waals surface area contributed by atoms with Gasteiger partial charge in [-0.05, 0) is 74.6 Å². The maximum absolute atomic E-state index is 6.42. The standard InChI is InChI=1S/C21H32N4O/c1-2-6-19-16(5-1)7-8-17-9-10-18(26-20(17)19)15-22-11-3-12-23-21-24-13-4-14-25-21/h7-8,18,22H,1-6,9-15H2,(H2,23,24,25). The van der Waals surface area contributed by atoms with E-state index in [2.05, 4.69) is 33.1 Å². The first kappa shape index (κ1) is 17.7. The van der Waals surface area contributed by atoms with Crippen LogP contribution in [0, 0.1) is 0 Å². The molecule has 142 valence electrons. The van der Waals surface area contributed by atoms with Crippen molar-refractivity contribution in [2.24, 2.45) is 4.99 Å². The highest BCUT2D eigenvalue weighted by atomic mass is 16.5. The summed E-state index contributed by atoms with van der Waals surface area (Å²) in [5.41, 5.74) is 4.45. The molecule has 0 saturated heterocycles. The van der Waals surface area contributed by atoms with Gasteiger partial charge in [0.1, 0.15) is 11.9 Å². The van der Waals surface area contributed by atoms with Gasteiger partial charge in [-0.15, -0.1) is 0 Å². The monoisotopic (exact) mass is 356 g/mol. The third-order valence-corrected chi connectivity index (χ3v) is 5.67. The molecule has 1 atom stereocenters. The Bertz CT molecular complexity index is 643. The number of nitrogens with zero attached hydrogens (tertiary/aromatic N) is 1. The lowest BCUT2D eigenvalue weighted by molar-refractivity contribution is 0.168. The van der Waals surface area contributed by atoms with Crippen LogP contribution in [-0.2, 0) is 19.3 Å². The molecule has 1 aromatic rings. The van der Waals surface area contributed by atoms with Crippen molar-refractivity contribution < 1.29 is 4.74 Å². The quantitative estimate of drug-likeness (QED) is 0.684. The van der Waals surface area contributed by atoms with Crippen molar-refractivity contribution >= 4 is 5.96 Å². The third kappa shape index (κ3) is 4.32. The van der Waals surface area contributed by atoms with Crippen LogP contribution in [-0.4, -0.2) is 44.8 Å². The molecular weight excluding hydrogens is 324 g/mol. The van der Waals surface area contributed by atoms with Gasteiger partial charge < -0.3 is 20.7 Å². The van der Waals surface area contributed by atoms with Crippen molar-refractivity contribution in [3.8, 4) is 5.75 Å². The Morgan fingerprint density at radius 3 is 2.92 bits per heavy atom. The summed E-state index contributed by atoms with van der Waals surface area (Å²) in [5, 5.41) is 10.2. The average molecular weight is 357 g/mol. The number of aliphatic imine (C=N–C) groups is 1. The fraction of sp³-hybridized carbons (Fsp3) is 0.667. The van der Waals surface area contributed by atoms with Crippen LogP contribution in [0.4, 0.5) is 0 Å². The number of fused-ring (bicyclic) bond motifs is 3. The maximum atomic E-state index is 6.42. The van der Waals surface area contributed by atoms with E-state index >= 15 is 0 Å². The molecule has 0 amide bonds. The third-order valence-electron chi connectivity index (χ3n) is 5.67. The second-order valence-electron chi connectivity index (χ2n) is 7.67. The van der Waals surface area contributed by atoms with Gasteiger partial charge in [0, 0.05) is 26.2 Å². The van der Waals surface area contributed by atoms with Gasteiger partial charge in [0.25, 0.3) is 0 Å². The molecular formula is C21H32N4O. The molecule has 1 aromatic carbocycles. The van der Waals surface area contributed by atoms with E-state index in [0.717, 1.165) is 64.4 Å². The Hall–Kier alpha value is -1.75. The fourth-order valence-corrected chi connectivity index (χ4v) is 4.21. The van der Waals surface area contributed by atoms with Crippen LogP contribution in [0.2, 0.25) is 0 Å². The molecule has 3 aliphatic rings. The topological polar surface area (TPSA) is 57.7 Å². The zero-order valence-corrected chi connectivity index (χ0v) is 15.8. The van der Waals surface area contributed by atoms with Crippen molar-refractivity contribution in [1.82, 2.24) is 16.0 Å². The summed E-state index contributed by atoms with van der Waals surface area (Å²) in [6.45, 7) is 4.90. The van der Waals surface area contributed by atoms with E-state index in [1.54, 1.807) is 0 Å². The van der Waals surface area contributed by atoms with E-state index in [1.807, 2.05) is 0 Å². The summed E-state index contributed by atoms with van der Waals surface area (Å²) < 4.78 is 6.42. The number of guanidine groups is 1. The maximum Gasteiger partial charge on any atom is 0.191 e. The predicted octanol–water partition coefficient (Wildman–Crippen LogP) is 2.18. The fourth-order valence-electron chi connectivity index (χ4n) is 4.21. The van der Waals surface area contributed by atoms with Gasteiger partial charge >= 0.3 is 0 Å². The Kier molecular flexibility index (Phi) is 5.95. The molecule has 4 rings (SSSR count). The van der Waals surface area contributed by atoms with Gasteiger partial charge in [-0.1, -0.05) is 12.1 Å². The Morgan fingerprint density at radius 1 is 1.08 bits per heavy atom. The van der Waals surface area contributed by atoms with Crippen molar-refractivity contribution in [3.05, 3.63) is 28.8 Å². The molecule has 0 spiro atoms. The van der Waals surface area contributed by atoms with Gasteiger partial charge in [-0.3, -0.25) is 4.99 Å². The molecule has 1 unspecified atom stereocenters. The lowest BCUT2D eigenvalue weighted by Gasteiger charge is -2.30. The highest BCUT2D eigenvalue weighted by molar-refractivity contribution is 5.80. The summed E-state index contributed by atoms with van der Waals surface area (Å²) >= 11 is 0. The summed E-state index contributed by atoms with van der Waals surface area (Å²) in [6.07, 6.45) is 9.88. The van der Waals surface area contributed by atoms with Gasteiger partial charge in [0.15, 0.2) is 5.96 Å². The summed E-state index contributed by atoms with van der Waals surface area (Å²) in [4.78, 5) is 4.43. The smallest absolute Gasteiger partial charge is 0.191 e. The number of hydrogen-bond acceptors (Lipinski definition) is 5. The first-order valence-electron chi connectivity index (χ1n) is 10.4. The lowest BCUT2D eigenvalue weighted by atomic mass is 9.87. The minimum atomic E-state index is 0.313. The Labute approximate surface area is 157 Å². The Balaban J connectivity index is 1.19. The molecule has 1 aliphatic carbocycles. The molecule has 3 N–H and O–H groups in total. The van der Waals surface area contributed by atoms with Crippen LogP contribution in [0.3, 0.4) is 0 Å². The van der Waals surface area contributed by atoms with Crippen LogP contribution in [0.1, 0.15) is 48.8 Å². The van der Waals surface area contributed by atoms with Crippen LogP contribution in [0.25, 0.3) is 0 Å². The number of rotatable bonds is 6. The van der Waals surface area contributed by atoms with E-state index in [0.29, 0.717) is 6.10 Å². The van der Waals surface area contributed by atoms with Crippen LogP contribution in [0.5, 0.6) is 5.75 Å². The number of ether oxygens (including phenoxy) is 1. The summed E-state index contributed by atoms with van der Waals surface area (Å²) in [5.74, 6) is 2.19. The first-order valence-corrected chi connectivity index (χ1v) is 10.4. The lowest BCUT2D eigenvalue weighted by Crippen LogP contribution is -2.42. The largest absolute Gasteiger partial charge is 0.489 e. The number of aryl methyl sites for hydroxylation is 2. The molecule has 0 saturated carbocycles. The zero-order chi connectivity index (χ0) is 17.6. The molecule has 26 heavy (non-hydrogen) atoms. The molecule has 0 aromatic heterocycles. The van der Waals surface area contributed by atoms with Gasteiger partial charge in [-0.2, -0.15) is 0 Å². The molecule has 2 aliphatic heterocycles. The van der Waals surface area contributed by atoms with Gasteiger partial charge in [-0.25, -0.2) is 0 Å². The zero-order valence-electron chi connectivity index (χ0n) is 15.8. The second kappa shape index (κ2) is 8.76. The normalized spacial score (nSPS) is 21.7. The number of benzene rings is 1. The summed E-state index contributed by atoms with van der Waals surface area (Å²) in [7, 11) is 0. The number of hydrogen-bond donors (Lipinski definition) is 3. The first-order chi connectivity index (χ1) is 12.9. The van der Waals surface area contributed by atoms with E-state index in [4.69, 9.17) is 4.74 Å². The summed E-state index contributed by atoms with van der Waals surface area (Å²) in [6, 6.07) is 4.64.